The van der Waals surface area contributed by atoms with Crippen LogP contribution in [0.2, 0.25) is 0 Å². The molecule has 0 fully saturated rings. The maximum absolute atomic E-state index is 11.9. The summed E-state index contributed by atoms with van der Waals surface area (Å²) in [5, 5.41) is 4.00. The van der Waals surface area contributed by atoms with Crippen molar-refractivity contribution >= 4 is 12.1 Å². The van der Waals surface area contributed by atoms with Crippen molar-refractivity contribution < 1.29 is 9.53 Å². The van der Waals surface area contributed by atoms with Crippen LogP contribution in [0.4, 0.5) is 0 Å². The number of benzene rings is 2. The molecular weight excluding hydrogens is 276 g/mol. The zero-order valence-electron chi connectivity index (χ0n) is 12.7. The average molecular weight is 296 g/mol. The van der Waals surface area contributed by atoms with Gasteiger partial charge < -0.3 is 4.74 Å². The molecule has 0 saturated carbocycles. The molecule has 1 N–H and O–H groups in total. The summed E-state index contributed by atoms with van der Waals surface area (Å²) in [5.41, 5.74) is 3.93. The van der Waals surface area contributed by atoms with Gasteiger partial charge in [0.25, 0.3) is 5.91 Å². The summed E-state index contributed by atoms with van der Waals surface area (Å²) in [6, 6.07) is 16.6. The number of carbonyl (C=O) groups is 1. The predicted octanol–water partition coefficient (Wildman–Crippen LogP) is 3.63. The molecule has 0 heterocycles. The van der Waals surface area contributed by atoms with E-state index in [9.17, 15) is 4.79 Å². The highest BCUT2D eigenvalue weighted by Gasteiger charge is 2.03. The van der Waals surface area contributed by atoms with E-state index in [2.05, 4.69) is 17.5 Å². The van der Waals surface area contributed by atoms with E-state index in [1.54, 1.807) is 18.3 Å². The van der Waals surface area contributed by atoms with E-state index in [-0.39, 0.29) is 5.91 Å². The monoisotopic (exact) mass is 296 g/mol. The van der Waals surface area contributed by atoms with Gasteiger partial charge >= 0.3 is 0 Å². The van der Waals surface area contributed by atoms with Crippen molar-refractivity contribution in [2.45, 2.75) is 19.8 Å². The van der Waals surface area contributed by atoms with Gasteiger partial charge in [0.05, 0.1) is 12.8 Å². The Kier molecular flexibility index (Phi) is 6.18. The summed E-state index contributed by atoms with van der Waals surface area (Å²) in [5.74, 6) is 0.537. The summed E-state index contributed by atoms with van der Waals surface area (Å²) < 4.78 is 5.72. The summed E-state index contributed by atoms with van der Waals surface area (Å²) in [7, 11) is 0. The molecule has 1 amide bonds. The van der Waals surface area contributed by atoms with Crippen LogP contribution in [0.5, 0.6) is 5.75 Å². The average Bonchev–Trinajstić information content (AvgIpc) is 2.57. The van der Waals surface area contributed by atoms with Gasteiger partial charge in [-0.2, -0.15) is 5.10 Å². The maximum atomic E-state index is 11.9. The second-order valence-electron chi connectivity index (χ2n) is 4.80. The van der Waals surface area contributed by atoms with Crippen molar-refractivity contribution in [2.24, 2.45) is 5.10 Å². The molecule has 0 bridgehead atoms. The zero-order valence-corrected chi connectivity index (χ0v) is 12.7. The Bertz CT molecular complexity index is 624. The topological polar surface area (TPSA) is 50.7 Å². The minimum absolute atomic E-state index is 0.235. The van der Waals surface area contributed by atoms with Crippen molar-refractivity contribution in [1.29, 1.82) is 0 Å². The first-order valence-corrected chi connectivity index (χ1v) is 7.41. The predicted molar refractivity (Wildman–Crippen MR) is 88.3 cm³/mol. The largest absolute Gasteiger partial charge is 0.493 e. The van der Waals surface area contributed by atoms with Crippen molar-refractivity contribution in [3.63, 3.8) is 0 Å². The van der Waals surface area contributed by atoms with E-state index in [4.69, 9.17) is 4.74 Å². The Balaban J connectivity index is 1.96. The highest BCUT2D eigenvalue weighted by molar-refractivity contribution is 5.95. The van der Waals surface area contributed by atoms with Crippen molar-refractivity contribution in [2.75, 3.05) is 6.61 Å². The number of hydrogen-bond acceptors (Lipinski definition) is 3. The van der Waals surface area contributed by atoms with Crippen LogP contribution in [-0.2, 0) is 0 Å². The summed E-state index contributed by atoms with van der Waals surface area (Å²) in [6.45, 7) is 2.80. The standard InChI is InChI=1S/C18H20N2O2/c1-2-3-13-22-17-12-8-7-11-16(17)14-19-20-18(21)15-9-5-4-6-10-15/h4-12,14H,2-3,13H2,1H3,(H,20,21)/b19-14-. The van der Waals surface area contributed by atoms with E-state index >= 15 is 0 Å². The lowest BCUT2D eigenvalue weighted by Crippen LogP contribution is -2.17. The van der Waals surface area contributed by atoms with Crippen LogP contribution in [0.3, 0.4) is 0 Å². The highest BCUT2D eigenvalue weighted by Crippen LogP contribution is 2.16. The van der Waals surface area contributed by atoms with Crippen LogP contribution in [-0.4, -0.2) is 18.7 Å². The Morgan fingerprint density at radius 2 is 1.86 bits per heavy atom. The number of unbranched alkanes of at least 4 members (excludes halogenated alkanes) is 1. The molecule has 0 radical (unpaired) electrons. The van der Waals surface area contributed by atoms with Crippen molar-refractivity contribution in [3.8, 4) is 5.75 Å². The van der Waals surface area contributed by atoms with E-state index in [0.717, 1.165) is 24.2 Å². The fourth-order valence-electron chi connectivity index (χ4n) is 1.86. The lowest BCUT2D eigenvalue weighted by atomic mass is 10.2. The number of hydrazone groups is 1. The number of hydrogen-bond donors (Lipinski definition) is 1. The third kappa shape index (κ3) is 4.74. The lowest BCUT2D eigenvalue weighted by molar-refractivity contribution is 0.0955. The van der Waals surface area contributed by atoms with Crippen molar-refractivity contribution in [1.82, 2.24) is 5.43 Å². The Morgan fingerprint density at radius 1 is 1.14 bits per heavy atom. The molecule has 114 valence electrons. The van der Waals surface area contributed by atoms with Crippen molar-refractivity contribution in [3.05, 3.63) is 65.7 Å². The smallest absolute Gasteiger partial charge is 0.271 e. The second kappa shape index (κ2) is 8.62. The van der Waals surface area contributed by atoms with Gasteiger partial charge in [-0.25, -0.2) is 5.43 Å². The van der Waals surface area contributed by atoms with Crippen LogP contribution in [0.15, 0.2) is 59.7 Å². The molecule has 0 aliphatic heterocycles. The summed E-state index contributed by atoms with van der Waals surface area (Å²) >= 11 is 0. The van der Waals surface area contributed by atoms with Gasteiger partial charge in [0, 0.05) is 11.1 Å². The molecule has 0 spiro atoms. The van der Waals surface area contributed by atoms with Crippen LogP contribution in [0.1, 0.15) is 35.7 Å². The molecule has 2 aromatic carbocycles. The first kappa shape index (κ1) is 15.8. The van der Waals surface area contributed by atoms with Gasteiger partial charge in [-0.05, 0) is 30.7 Å². The molecule has 0 aliphatic carbocycles. The normalized spacial score (nSPS) is 10.6. The first-order chi connectivity index (χ1) is 10.8. The number of ether oxygens (including phenoxy) is 1. The Labute approximate surface area is 130 Å². The molecule has 22 heavy (non-hydrogen) atoms. The molecule has 4 heteroatoms. The molecule has 4 nitrogen and oxygen atoms in total. The third-order valence-electron chi connectivity index (χ3n) is 3.08. The number of nitrogens with zero attached hydrogens (tertiary/aromatic N) is 1. The van der Waals surface area contributed by atoms with E-state index in [0.29, 0.717) is 12.2 Å². The third-order valence-corrected chi connectivity index (χ3v) is 3.08. The summed E-state index contributed by atoms with van der Waals surface area (Å²) in [4.78, 5) is 11.9. The van der Waals surface area contributed by atoms with Gasteiger partial charge in [0.2, 0.25) is 0 Å². The summed E-state index contributed by atoms with van der Waals surface area (Å²) in [6.07, 6.45) is 3.70. The number of nitrogens with one attached hydrogen (secondary N) is 1. The molecule has 2 rings (SSSR count). The minimum atomic E-state index is -0.235. The maximum Gasteiger partial charge on any atom is 0.271 e. The fourth-order valence-corrected chi connectivity index (χ4v) is 1.86. The number of carbonyl (C=O) groups excluding carboxylic acids is 1. The fraction of sp³-hybridized carbons (Fsp3) is 0.222. The Morgan fingerprint density at radius 3 is 2.64 bits per heavy atom. The number of amides is 1. The quantitative estimate of drug-likeness (QED) is 0.482. The Hall–Kier alpha value is -2.62. The van der Waals surface area contributed by atoms with Gasteiger partial charge in [0.1, 0.15) is 5.75 Å². The lowest BCUT2D eigenvalue weighted by Gasteiger charge is -2.08. The van der Waals surface area contributed by atoms with E-state index in [1.807, 2.05) is 42.5 Å². The molecular formula is C18H20N2O2. The van der Waals surface area contributed by atoms with E-state index in [1.165, 1.54) is 0 Å². The van der Waals surface area contributed by atoms with Gasteiger partial charge in [-0.15, -0.1) is 0 Å². The van der Waals surface area contributed by atoms with Gasteiger partial charge in [-0.3, -0.25) is 4.79 Å². The number of para-hydroxylation sites is 1. The molecule has 2 aromatic rings. The second-order valence-corrected chi connectivity index (χ2v) is 4.80. The van der Waals surface area contributed by atoms with Crippen LogP contribution in [0.25, 0.3) is 0 Å². The molecule has 0 atom stereocenters. The minimum Gasteiger partial charge on any atom is -0.493 e. The van der Waals surface area contributed by atoms with Gasteiger partial charge in [0.15, 0.2) is 0 Å². The highest BCUT2D eigenvalue weighted by atomic mass is 16.5. The molecule has 0 aliphatic rings. The SMILES string of the molecule is CCCCOc1ccccc1/C=N\NC(=O)c1ccccc1. The van der Waals surface area contributed by atoms with E-state index < -0.39 is 0 Å². The first-order valence-electron chi connectivity index (χ1n) is 7.41. The van der Waals surface area contributed by atoms with Gasteiger partial charge in [-0.1, -0.05) is 43.7 Å². The van der Waals surface area contributed by atoms with Crippen LogP contribution >= 0.6 is 0 Å². The van der Waals surface area contributed by atoms with Crippen LogP contribution in [0, 0.1) is 0 Å². The van der Waals surface area contributed by atoms with Crippen LogP contribution < -0.4 is 10.2 Å². The molecule has 0 saturated heterocycles. The zero-order chi connectivity index (χ0) is 15.6. The molecule has 0 aromatic heterocycles. The number of rotatable bonds is 7. The molecule has 0 unspecified atom stereocenters.